The van der Waals surface area contributed by atoms with Crippen molar-refractivity contribution in [2.24, 2.45) is 0 Å². The van der Waals surface area contributed by atoms with Gasteiger partial charge in [0, 0.05) is 13.1 Å². The summed E-state index contributed by atoms with van der Waals surface area (Å²) in [5.74, 6) is 1.52. The average molecular weight is 465 g/mol. The quantitative estimate of drug-likeness (QED) is 0.534. The van der Waals surface area contributed by atoms with E-state index in [9.17, 15) is 13.2 Å². The lowest BCUT2D eigenvalue weighted by molar-refractivity contribution is -0.127. The first-order chi connectivity index (χ1) is 15.4. The van der Waals surface area contributed by atoms with Gasteiger partial charge in [0.05, 0.1) is 31.8 Å². The maximum atomic E-state index is 12.6. The summed E-state index contributed by atoms with van der Waals surface area (Å²) in [6.45, 7) is 3.67. The zero-order chi connectivity index (χ0) is 23.0. The smallest absolute Gasteiger partial charge is 0.260 e. The molecule has 1 aliphatic rings. The third-order valence-electron chi connectivity index (χ3n) is 4.84. The normalized spacial score (nSPS) is 15.6. The van der Waals surface area contributed by atoms with E-state index < -0.39 is 16.1 Å². The monoisotopic (exact) mass is 464 g/mol. The maximum absolute atomic E-state index is 12.6. The Morgan fingerprint density at radius 3 is 2.25 bits per heavy atom. The fourth-order valence-electron chi connectivity index (χ4n) is 3.04. The molecule has 10 heteroatoms. The molecule has 0 radical (unpaired) electrons. The summed E-state index contributed by atoms with van der Waals surface area (Å²) in [6.07, 6.45) is -0.673. The van der Waals surface area contributed by atoms with E-state index in [-0.39, 0.29) is 24.0 Å². The lowest BCUT2D eigenvalue weighted by Crippen LogP contribution is -2.40. The van der Waals surface area contributed by atoms with Crippen LogP contribution in [-0.2, 0) is 19.6 Å². The first-order valence-corrected chi connectivity index (χ1v) is 11.7. The Morgan fingerprint density at radius 1 is 1.03 bits per heavy atom. The average Bonchev–Trinajstić information content (AvgIpc) is 2.83. The topological polar surface area (TPSA) is 103 Å². The molecule has 2 aromatic rings. The van der Waals surface area contributed by atoms with Crippen LogP contribution in [0.4, 0.5) is 0 Å². The molecule has 1 saturated heterocycles. The third kappa shape index (κ3) is 6.35. The van der Waals surface area contributed by atoms with Gasteiger partial charge in [-0.15, -0.1) is 0 Å². The van der Waals surface area contributed by atoms with Crippen LogP contribution < -0.4 is 19.5 Å². The number of carbonyl (C=O) groups excluding carboxylic acids is 1. The second-order valence-corrected chi connectivity index (χ2v) is 9.00. The Kier molecular flexibility index (Phi) is 8.32. The summed E-state index contributed by atoms with van der Waals surface area (Å²) in [5.41, 5.74) is 0. The first-order valence-electron chi connectivity index (χ1n) is 10.3. The number of ether oxygens (including phenoxy) is 4. The number of nitrogens with one attached hydrogen (secondary N) is 1. The van der Waals surface area contributed by atoms with E-state index in [0.717, 1.165) is 0 Å². The summed E-state index contributed by atoms with van der Waals surface area (Å²) >= 11 is 0. The fraction of sp³-hybridized carbons (Fsp3) is 0.409. The van der Waals surface area contributed by atoms with Crippen LogP contribution >= 0.6 is 0 Å². The molecule has 1 aliphatic heterocycles. The highest BCUT2D eigenvalue weighted by Gasteiger charge is 2.26. The van der Waals surface area contributed by atoms with Crippen molar-refractivity contribution < 1.29 is 32.2 Å². The highest BCUT2D eigenvalue weighted by Crippen LogP contribution is 2.21. The maximum Gasteiger partial charge on any atom is 0.260 e. The second kappa shape index (κ2) is 11.2. The van der Waals surface area contributed by atoms with Crippen molar-refractivity contribution in [3.05, 3.63) is 48.5 Å². The van der Waals surface area contributed by atoms with E-state index in [1.165, 1.54) is 16.4 Å². The molecule has 1 atom stereocenters. The van der Waals surface area contributed by atoms with Crippen LogP contribution in [0.2, 0.25) is 0 Å². The van der Waals surface area contributed by atoms with Crippen LogP contribution in [0.15, 0.2) is 53.4 Å². The van der Waals surface area contributed by atoms with Crippen molar-refractivity contribution in [3.63, 3.8) is 0 Å². The summed E-state index contributed by atoms with van der Waals surface area (Å²) in [4.78, 5) is 12.4. The zero-order valence-electron chi connectivity index (χ0n) is 18.2. The number of nitrogens with zero attached hydrogens (tertiary/aromatic N) is 1. The van der Waals surface area contributed by atoms with Crippen LogP contribution in [0.25, 0.3) is 0 Å². The fourth-order valence-corrected chi connectivity index (χ4v) is 4.45. The summed E-state index contributed by atoms with van der Waals surface area (Å²) in [5, 5.41) is 2.75. The molecule has 174 valence electrons. The van der Waals surface area contributed by atoms with Gasteiger partial charge in [-0.25, -0.2) is 8.42 Å². The Morgan fingerprint density at radius 2 is 1.62 bits per heavy atom. The van der Waals surface area contributed by atoms with Crippen LogP contribution in [-0.4, -0.2) is 71.3 Å². The van der Waals surface area contributed by atoms with Crippen LogP contribution in [0, 0.1) is 0 Å². The van der Waals surface area contributed by atoms with Gasteiger partial charge in [-0.1, -0.05) is 0 Å². The molecule has 1 fully saturated rings. The van der Waals surface area contributed by atoms with E-state index in [2.05, 4.69) is 5.32 Å². The van der Waals surface area contributed by atoms with Crippen molar-refractivity contribution in [1.29, 1.82) is 0 Å². The molecule has 0 bridgehead atoms. The lowest BCUT2D eigenvalue weighted by Gasteiger charge is -2.26. The summed E-state index contributed by atoms with van der Waals surface area (Å²) in [6, 6.07) is 13.2. The van der Waals surface area contributed by atoms with Crippen molar-refractivity contribution in [2.45, 2.75) is 17.9 Å². The zero-order valence-corrected chi connectivity index (χ0v) is 19.0. The van der Waals surface area contributed by atoms with Gasteiger partial charge in [0.15, 0.2) is 6.10 Å². The molecule has 0 unspecified atom stereocenters. The molecule has 0 aliphatic carbocycles. The van der Waals surface area contributed by atoms with Crippen LogP contribution in [0.5, 0.6) is 17.2 Å². The first kappa shape index (κ1) is 23.8. The minimum Gasteiger partial charge on any atom is -0.497 e. The minimum absolute atomic E-state index is 0.213. The predicted octanol–water partition coefficient (Wildman–Crippen LogP) is 1.68. The number of methoxy groups -OCH3 is 1. The molecular formula is C22H28N2O7S. The molecule has 0 aromatic heterocycles. The van der Waals surface area contributed by atoms with E-state index in [4.69, 9.17) is 18.9 Å². The summed E-state index contributed by atoms with van der Waals surface area (Å²) < 4.78 is 48.2. The Bertz CT molecular complexity index is 972. The van der Waals surface area contributed by atoms with Crippen molar-refractivity contribution in [3.8, 4) is 17.2 Å². The standard InChI is InChI=1S/C22H28N2O7S/c1-17(31-20-5-3-18(28-2)4-6-20)22(25)23-11-14-30-19-7-9-21(10-8-19)32(26,27)24-12-15-29-16-13-24/h3-10,17H,11-16H2,1-2H3,(H,23,25)/t17-/m0/s1. The van der Waals surface area contributed by atoms with Crippen molar-refractivity contribution in [1.82, 2.24) is 9.62 Å². The molecular weight excluding hydrogens is 436 g/mol. The van der Waals surface area contributed by atoms with Crippen LogP contribution in [0.3, 0.4) is 0 Å². The number of morpholine rings is 1. The molecule has 32 heavy (non-hydrogen) atoms. The lowest BCUT2D eigenvalue weighted by atomic mass is 10.3. The van der Waals surface area contributed by atoms with E-state index in [1.54, 1.807) is 50.4 Å². The predicted molar refractivity (Wildman–Crippen MR) is 118 cm³/mol. The highest BCUT2D eigenvalue weighted by molar-refractivity contribution is 7.89. The summed E-state index contributed by atoms with van der Waals surface area (Å²) in [7, 11) is -1.96. The Labute approximate surface area is 188 Å². The molecule has 2 aromatic carbocycles. The van der Waals surface area contributed by atoms with Crippen LogP contribution in [0.1, 0.15) is 6.92 Å². The van der Waals surface area contributed by atoms with Crippen molar-refractivity contribution in [2.75, 3.05) is 46.6 Å². The molecule has 1 amide bonds. The number of sulfonamides is 1. The molecule has 3 rings (SSSR count). The molecule has 1 N–H and O–H groups in total. The Balaban J connectivity index is 1.41. The van der Waals surface area contributed by atoms with Gasteiger partial charge in [-0.3, -0.25) is 4.79 Å². The van der Waals surface area contributed by atoms with E-state index >= 15 is 0 Å². The molecule has 0 spiro atoms. The largest absolute Gasteiger partial charge is 0.497 e. The highest BCUT2D eigenvalue weighted by atomic mass is 32.2. The molecule has 1 heterocycles. The van der Waals surface area contributed by atoms with Gasteiger partial charge >= 0.3 is 0 Å². The van der Waals surface area contributed by atoms with Crippen molar-refractivity contribution >= 4 is 15.9 Å². The Hall–Kier alpha value is -2.82. The number of benzene rings is 2. The number of amides is 1. The SMILES string of the molecule is COc1ccc(O[C@@H](C)C(=O)NCCOc2ccc(S(=O)(=O)N3CCOCC3)cc2)cc1. The number of hydrogen-bond acceptors (Lipinski definition) is 7. The van der Waals surface area contributed by atoms with Gasteiger partial charge in [-0.05, 0) is 55.5 Å². The van der Waals surface area contributed by atoms with E-state index in [0.29, 0.717) is 43.6 Å². The number of carbonyl (C=O) groups is 1. The van der Waals surface area contributed by atoms with Gasteiger partial charge in [0.2, 0.25) is 10.0 Å². The minimum atomic E-state index is -3.53. The van der Waals surface area contributed by atoms with Gasteiger partial charge < -0.3 is 24.3 Å². The van der Waals surface area contributed by atoms with E-state index in [1.807, 2.05) is 0 Å². The number of rotatable bonds is 10. The molecule has 0 saturated carbocycles. The number of hydrogen-bond donors (Lipinski definition) is 1. The van der Waals surface area contributed by atoms with Gasteiger partial charge in [0.1, 0.15) is 23.9 Å². The second-order valence-electron chi connectivity index (χ2n) is 7.06. The van der Waals surface area contributed by atoms with Gasteiger partial charge in [-0.2, -0.15) is 4.31 Å². The van der Waals surface area contributed by atoms with Gasteiger partial charge in [0.25, 0.3) is 5.91 Å². The molecule has 9 nitrogen and oxygen atoms in total. The third-order valence-corrected chi connectivity index (χ3v) is 6.76.